The van der Waals surface area contributed by atoms with Gasteiger partial charge in [0, 0.05) is 13.2 Å². The number of allylic oxidation sites excluding steroid dienone is 2. The fourth-order valence-electron chi connectivity index (χ4n) is 3.88. The predicted octanol–water partition coefficient (Wildman–Crippen LogP) is 4.12. The molecule has 2 saturated carbocycles. The largest absolute Gasteiger partial charge is 0.373 e. The first-order valence-electron chi connectivity index (χ1n) is 7.23. The summed E-state index contributed by atoms with van der Waals surface area (Å²) in [5.41, 5.74) is 3.65. The molecule has 1 unspecified atom stereocenters. The summed E-state index contributed by atoms with van der Waals surface area (Å²) in [6, 6.07) is 0.698. The van der Waals surface area contributed by atoms with Crippen molar-refractivity contribution in [1.29, 1.82) is 0 Å². The molecule has 0 spiro atoms. The van der Waals surface area contributed by atoms with Crippen LogP contribution in [0, 0.1) is 11.3 Å². The minimum atomic E-state index is 0.462. The van der Waals surface area contributed by atoms with Crippen molar-refractivity contribution in [2.45, 2.75) is 58.4 Å². The van der Waals surface area contributed by atoms with Crippen molar-refractivity contribution in [3.63, 3.8) is 0 Å². The van der Waals surface area contributed by atoms with Crippen LogP contribution >= 0.6 is 0 Å². The van der Waals surface area contributed by atoms with Gasteiger partial charge in [-0.2, -0.15) is 0 Å². The number of rotatable bonds is 2. The molecule has 0 aromatic heterocycles. The second-order valence-corrected chi connectivity index (χ2v) is 6.69. The predicted molar refractivity (Wildman–Crippen MR) is 72.7 cm³/mol. The Hall–Kier alpha value is -0.720. The summed E-state index contributed by atoms with van der Waals surface area (Å²) in [6.45, 7) is 4.80. The summed E-state index contributed by atoms with van der Waals surface area (Å²) in [5.74, 6) is 0.936. The van der Waals surface area contributed by atoms with Crippen LogP contribution in [-0.2, 0) is 0 Å². The molecule has 0 amide bonds. The van der Waals surface area contributed by atoms with Crippen molar-refractivity contribution in [3.05, 3.63) is 23.4 Å². The maximum absolute atomic E-state index is 2.51. The highest BCUT2D eigenvalue weighted by Gasteiger charge is 2.39. The minimum absolute atomic E-state index is 0.462. The molecule has 0 saturated heterocycles. The first kappa shape index (κ1) is 11.4. The lowest BCUT2D eigenvalue weighted by atomic mass is 9.78. The van der Waals surface area contributed by atoms with E-state index in [2.05, 4.69) is 38.1 Å². The third kappa shape index (κ3) is 1.94. The maximum Gasteiger partial charge on any atom is 0.0522 e. The smallest absolute Gasteiger partial charge is 0.0522 e. The third-order valence-electron chi connectivity index (χ3n) is 5.10. The summed E-state index contributed by atoms with van der Waals surface area (Å²) in [5, 5.41) is 0. The molecule has 17 heavy (non-hydrogen) atoms. The Labute approximate surface area is 106 Å². The zero-order valence-corrected chi connectivity index (χ0v) is 11.5. The average molecular weight is 231 g/mol. The summed E-state index contributed by atoms with van der Waals surface area (Å²) < 4.78 is 0. The molecule has 1 heteroatoms. The zero-order valence-electron chi connectivity index (χ0n) is 11.5. The van der Waals surface area contributed by atoms with E-state index in [1.165, 1.54) is 38.5 Å². The standard InChI is InChI=1S/C16H25N/c1-12-10-14(16(2)8-4-5-9-16)11-17(3)15(12)13-6-7-13/h10-11,13,15H,4-9H2,1-3H3. The summed E-state index contributed by atoms with van der Waals surface area (Å²) in [6.07, 6.45) is 13.4. The van der Waals surface area contributed by atoms with Crippen LogP contribution in [0.5, 0.6) is 0 Å². The third-order valence-corrected chi connectivity index (χ3v) is 5.10. The lowest BCUT2D eigenvalue weighted by Gasteiger charge is -2.37. The zero-order chi connectivity index (χ0) is 12.0. The Morgan fingerprint density at radius 3 is 2.41 bits per heavy atom. The first-order valence-corrected chi connectivity index (χ1v) is 7.23. The van der Waals surface area contributed by atoms with Gasteiger partial charge in [-0.1, -0.05) is 31.4 Å². The number of hydrogen-bond acceptors (Lipinski definition) is 1. The SMILES string of the molecule is CC1=CC(C2(C)CCCC2)=CN(C)C1C1CC1. The van der Waals surface area contributed by atoms with E-state index in [0.29, 0.717) is 11.5 Å². The molecule has 0 N–H and O–H groups in total. The molecular formula is C16H25N. The molecule has 2 fully saturated rings. The molecule has 0 aromatic rings. The van der Waals surface area contributed by atoms with Crippen LogP contribution in [0.1, 0.15) is 52.4 Å². The van der Waals surface area contributed by atoms with Crippen LogP contribution in [0.15, 0.2) is 23.4 Å². The van der Waals surface area contributed by atoms with Crippen LogP contribution in [0.2, 0.25) is 0 Å². The average Bonchev–Trinajstić information content (AvgIpc) is 2.99. The molecule has 0 radical (unpaired) electrons. The van der Waals surface area contributed by atoms with Crippen molar-refractivity contribution < 1.29 is 0 Å². The van der Waals surface area contributed by atoms with E-state index < -0.39 is 0 Å². The molecule has 0 aromatic carbocycles. The molecule has 1 nitrogen and oxygen atoms in total. The molecule has 1 heterocycles. The van der Waals surface area contributed by atoms with Gasteiger partial charge in [0.05, 0.1) is 6.04 Å². The highest BCUT2D eigenvalue weighted by atomic mass is 15.1. The van der Waals surface area contributed by atoms with Crippen molar-refractivity contribution >= 4 is 0 Å². The molecule has 3 aliphatic rings. The van der Waals surface area contributed by atoms with Gasteiger partial charge in [0.1, 0.15) is 0 Å². The van der Waals surface area contributed by atoms with Crippen molar-refractivity contribution in [2.24, 2.45) is 11.3 Å². The van der Waals surface area contributed by atoms with Gasteiger partial charge >= 0.3 is 0 Å². The fraction of sp³-hybridized carbons (Fsp3) is 0.750. The first-order chi connectivity index (χ1) is 8.10. The number of likely N-dealkylation sites (N-methyl/N-ethyl adjacent to an activating group) is 1. The lowest BCUT2D eigenvalue weighted by Crippen LogP contribution is -2.34. The highest BCUT2D eigenvalue weighted by molar-refractivity contribution is 5.36. The van der Waals surface area contributed by atoms with Gasteiger partial charge in [0.2, 0.25) is 0 Å². The van der Waals surface area contributed by atoms with Crippen LogP contribution in [0.25, 0.3) is 0 Å². The van der Waals surface area contributed by atoms with E-state index >= 15 is 0 Å². The van der Waals surface area contributed by atoms with Gasteiger partial charge in [0.25, 0.3) is 0 Å². The van der Waals surface area contributed by atoms with Crippen LogP contribution in [0.3, 0.4) is 0 Å². The van der Waals surface area contributed by atoms with E-state index in [9.17, 15) is 0 Å². The Balaban J connectivity index is 1.85. The van der Waals surface area contributed by atoms with Crippen molar-refractivity contribution in [3.8, 4) is 0 Å². The Kier molecular flexibility index (Phi) is 2.61. The van der Waals surface area contributed by atoms with Gasteiger partial charge in [0.15, 0.2) is 0 Å². The van der Waals surface area contributed by atoms with Gasteiger partial charge in [-0.3, -0.25) is 0 Å². The van der Waals surface area contributed by atoms with Gasteiger partial charge in [-0.05, 0) is 49.5 Å². The fourth-order valence-corrected chi connectivity index (χ4v) is 3.88. The highest BCUT2D eigenvalue weighted by Crippen LogP contribution is 2.48. The maximum atomic E-state index is 2.51. The minimum Gasteiger partial charge on any atom is -0.373 e. The second-order valence-electron chi connectivity index (χ2n) is 6.69. The van der Waals surface area contributed by atoms with Gasteiger partial charge in [-0.25, -0.2) is 0 Å². The molecule has 3 rings (SSSR count). The molecule has 0 bridgehead atoms. The molecule has 94 valence electrons. The van der Waals surface area contributed by atoms with Crippen molar-refractivity contribution in [1.82, 2.24) is 4.90 Å². The van der Waals surface area contributed by atoms with E-state index in [-0.39, 0.29) is 0 Å². The summed E-state index contributed by atoms with van der Waals surface area (Å²) in [7, 11) is 2.28. The van der Waals surface area contributed by atoms with Crippen LogP contribution < -0.4 is 0 Å². The van der Waals surface area contributed by atoms with E-state index in [1.807, 2.05) is 0 Å². The number of nitrogens with zero attached hydrogens (tertiary/aromatic N) is 1. The van der Waals surface area contributed by atoms with Crippen molar-refractivity contribution in [2.75, 3.05) is 7.05 Å². The Morgan fingerprint density at radius 1 is 1.24 bits per heavy atom. The van der Waals surface area contributed by atoms with E-state index in [1.54, 1.807) is 11.1 Å². The van der Waals surface area contributed by atoms with Gasteiger partial charge < -0.3 is 4.90 Å². The monoisotopic (exact) mass is 231 g/mol. The normalized spacial score (nSPS) is 32.4. The molecule has 2 aliphatic carbocycles. The second kappa shape index (κ2) is 3.90. The quantitative estimate of drug-likeness (QED) is 0.691. The van der Waals surface area contributed by atoms with Gasteiger partial charge in [-0.15, -0.1) is 0 Å². The molecular weight excluding hydrogens is 206 g/mol. The summed E-state index contributed by atoms with van der Waals surface area (Å²) >= 11 is 0. The van der Waals surface area contributed by atoms with E-state index in [4.69, 9.17) is 0 Å². The Bertz CT molecular complexity index is 367. The van der Waals surface area contributed by atoms with Crippen LogP contribution in [-0.4, -0.2) is 18.0 Å². The Morgan fingerprint density at radius 2 is 1.88 bits per heavy atom. The molecule has 1 aliphatic heterocycles. The lowest BCUT2D eigenvalue weighted by molar-refractivity contribution is 0.311. The molecule has 1 atom stereocenters. The number of hydrogen-bond donors (Lipinski definition) is 0. The topological polar surface area (TPSA) is 3.24 Å². The van der Waals surface area contributed by atoms with Crippen LogP contribution in [0.4, 0.5) is 0 Å². The summed E-state index contributed by atoms with van der Waals surface area (Å²) in [4.78, 5) is 2.49. The van der Waals surface area contributed by atoms with E-state index in [0.717, 1.165) is 5.92 Å².